The summed E-state index contributed by atoms with van der Waals surface area (Å²) in [4.78, 5) is 33.9. The summed E-state index contributed by atoms with van der Waals surface area (Å²) in [6.45, 7) is 3.08. The van der Waals surface area contributed by atoms with E-state index in [2.05, 4.69) is 15.9 Å². The zero-order valence-electron chi connectivity index (χ0n) is 12.2. The van der Waals surface area contributed by atoms with Crippen molar-refractivity contribution >= 4 is 45.6 Å². The Morgan fingerprint density at radius 1 is 1.27 bits per heavy atom. The number of esters is 1. The Bertz CT molecular complexity index is 550. The van der Waals surface area contributed by atoms with Gasteiger partial charge in [-0.25, -0.2) is 4.79 Å². The van der Waals surface area contributed by atoms with Gasteiger partial charge in [-0.1, -0.05) is 28.1 Å². The molecule has 0 radical (unpaired) electrons. The third-order valence-corrected chi connectivity index (χ3v) is 4.37. The van der Waals surface area contributed by atoms with Crippen LogP contribution in [0.3, 0.4) is 0 Å². The van der Waals surface area contributed by atoms with Crippen LogP contribution in [0.25, 0.3) is 0 Å². The fourth-order valence-electron chi connectivity index (χ4n) is 1.42. The van der Waals surface area contributed by atoms with E-state index in [1.54, 1.807) is 6.92 Å². The number of hydrogen-bond donors (Lipinski definition) is 2. The number of thioether (sulfide) groups is 1. The highest BCUT2D eigenvalue weighted by Gasteiger charge is 2.22. The first-order valence-electron chi connectivity index (χ1n) is 6.46. The molecule has 2 atom stereocenters. The Kier molecular flexibility index (Phi) is 7.40. The zero-order valence-corrected chi connectivity index (χ0v) is 14.6. The number of amides is 3. The van der Waals surface area contributed by atoms with E-state index in [0.29, 0.717) is 5.75 Å². The number of halogens is 1. The van der Waals surface area contributed by atoms with E-state index in [1.807, 2.05) is 29.6 Å². The summed E-state index contributed by atoms with van der Waals surface area (Å²) in [5, 5.41) is 1.42. The molecule has 3 N–H and O–H groups in total. The second-order valence-corrected chi connectivity index (χ2v) is 6.76. The summed E-state index contributed by atoms with van der Waals surface area (Å²) in [5.41, 5.74) is 5.90. The standard InChI is InChI=1S/C14H17BrN2O4S/c1-8(12(18)17-14(16)20)21-13(19)9(2)22-7-10-3-5-11(15)6-4-10/h3-6,8-9H,7H2,1-2H3,(H3,16,17,18,20)/t8-,9+/m0/s1. The van der Waals surface area contributed by atoms with Gasteiger partial charge in [-0.2, -0.15) is 0 Å². The van der Waals surface area contributed by atoms with Gasteiger partial charge in [0.15, 0.2) is 6.10 Å². The van der Waals surface area contributed by atoms with Gasteiger partial charge in [-0.05, 0) is 31.5 Å². The fourth-order valence-corrected chi connectivity index (χ4v) is 2.51. The van der Waals surface area contributed by atoms with Crippen molar-refractivity contribution in [2.45, 2.75) is 31.0 Å². The van der Waals surface area contributed by atoms with E-state index in [4.69, 9.17) is 10.5 Å². The van der Waals surface area contributed by atoms with Gasteiger partial charge in [0.05, 0.1) is 5.25 Å². The van der Waals surface area contributed by atoms with Gasteiger partial charge >= 0.3 is 12.0 Å². The molecular weight excluding hydrogens is 372 g/mol. The van der Waals surface area contributed by atoms with Crippen LogP contribution in [0, 0.1) is 0 Å². The van der Waals surface area contributed by atoms with Gasteiger partial charge in [0.1, 0.15) is 0 Å². The average molecular weight is 389 g/mol. The topological polar surface area (TPSA) is 98.5 Å². The Morgan fingerprint density at radius 2 is 1.86 bits per heavy atom. The molecule has 120 valence electrons. The minimum atomic E-state index is -1.07. The number of benzene rings is 1. The van der Waals surface area contributed by atoms with Crippen molar-refractivity contribution < 1.29 is 19.1 Å². The Labute approximate surface area is 141 Å². The van der Waals surface area contributed by atoms with Crippen LogP contribution in [0.5, 0.6) is 0 Å². The molecule has 3 amide bonds. The highest BCUT2D eigenvalue weighted by molar-refractivity contribution is 9.10. The second-order valence-electron chi connectivity index (χ2n) is 4.51. The molecule has 0 fully saturated rings. The van der Waals surface area contributed by atoms with Crippen LogP contribution in [0.15, 0.2) is 28.7 Å². The molecule has 1 aromatic rings. The first kappa shape index (κ1) is 18.5. The van der Waals surface area contributed by atoms with Crippen molar-refractivity contribution in [3.8, 4) is 0 Å². The molecule has 0 heterocycles. The third-order valence-electron chi connectivity index (χ3n) is 2.65. The molecule has 6 nitrogen and oxygen atoms in total. The molecule has 0 aliphatic rings. The van der Waals surface area contributed by atoms with E-state index in [1.165, 1.54) is 18.7 Å². The molecule has 0 aliphatic carbocycles. The highest BCUT2D eigenvalue weighted by atomic mass is 79.9. The Morgan fingerprint density at radius 3 is 2.41 bits per heavy atom. The van der Waals surface area contributed by atoms with Crippen LogP contribution in [-0.4, -0.2) is 29.3 Å². The smallest absolute Gasteiger partial charge is 0.319 e. The summed E-state index contributed by atoms with van der Waals surface area (Å²) in [6, 6.07) is 6.78. The Balaban J connectivity index is 2.42. The number of carbonyl (C=O) groups excluding carboxylic acids is 3. The summed E-state index contributed by atoms with van der Waals surface area (Å²) in [7, 11) is 0. The van der Waals surface area contributed by atoms with Crippen molar-refractivity contribution in [2.24, 2.45) is 5.73 Å². The summed E-state index contributed by atoms with van der Waals surface area (Å²) >= 11 is 4.75. The molecule has 0 aromatic heterocycles. The minimum Gasteiger partial charge on any atom is -0.452 e. The number of urea groups is 1. The normalized spacial score (nSPS) is 13.0. The molecule has 1 rings (SSSR count). The molecule has 0 unspecified atom stereocenters. The maximum Gasteiger partial charge on any atom is 0.319 e. The number of imide groups is 1. The summed E-state index contributed by atoms with van der Waals surface area (Å²) < 4.78 is 5.98. The molecule has 0 spiro atoms. The number of rotatable bonds is 6. The quantitative estimate of drug-likeness (QED) is 0.727. The molecule has 1 aromatic carbocycles. The maximum atomic E-state index is 11.9. The lowest BCUT2D eigenvalue weighted by Crippen LogP contribution is -2.42. The van der Waals surface area contributed by atoms with Crippen molar-refractivity contribution in [2.75, 3.05) is 0 Å². The van der Waals surface area contributed by atoms with E-state index >= 15 is 0 Å². The molecule has 8 heteroatoms. The predicted molar refractivity (Wildman–Crippen MR) is 88.2 cm³/mol. The highest BCUT2D eigenvalue weighted by Crippen LogP contribution is 2.20. The number of primary amides is 1. The zero-order chi connectivity index (χ0) is 16.7. The fraction of sp³-hybridized carbons (Fsp3) is 0.357. The van der Waals surface area contributed by atoms with Gasteiger partial charge in [0, 0.05) is 10.2 Å². The van der Waals surface area contributed by atoms with Crippen LogP contribution < -0.4 is 11.1 Å². The van der Waals surface area contributed by atoms with Crippen LogP contribution in [0.1, 0.15) is 19.4 Å². The predicted octanol–water partition coefficient (Wildman–Crippen LogP) is 2.20. The van der Waals surface area contributed by atoms with Crippen molar-refractivity contribution in [3.05, 3.63) is 34.3 Å². The monoisotopic (exact) mass is 388 g/mol. The van der Waals surface area contributed by atoms with Gasteiger partial charge in [-0.15, -0.1) is 11.8 Å². The SMILES string of the molecule is C[C@H](OC(=O)[C@@H](C)SCc1ccc(Br)cc1)C(=O)NC(N)=O. The first-order chi connectivity index (χ1) is 10.3. The number of hydrogen-bond acceptors (Lipinski definition) is 5. The second kappa shape index (κ2) is 8.79. The van der Waals surface area contributed by atoms with Crippen LogP contribution in [0.2, 0.25) is 0 Å². The van der Waals surface area contributed by atoms with Gasteiger partial charge in [-0.3, -0.25) is 14.9 Å². The van der Waals surface area contributed by atoms with E-state index in [0.717, 1.165) is 10.0 Å². The van der Waals surface area contributed by atoms with Crippen molar-refractivity contribution in [1.29, 1.82) is 0 Å². The molecule has 0 saturated carbocycles. The number of carbonyl (C=O) groups is 3. The Hall–Kier alpha value is -1.54. The third kappa shape index (κ3) is 6.48. The van der Waals surface area contributed by atoms with Crippen LogP contribution >= 0.6 is 27.7 Å². The minimum absolute atomic E-state index is 0.438. The largest absolute Gasteiger partial charge is 0.452 e. The van der Waals surface area contributed by atoms with Crippen LogP contribution in [0.4, 0.5) is 4.79 Å². The lowest BCUT2D eigenvalue weighted by Gasteiger charge is -2.15. The van der Waals surface area contributed by atoms with E-state index < -0.39 is 29.3 Å². The number of nitrogens with one attached hydrogen (secondary N) is 1. The van der Waals surface area contributed by atoms with E-state index in [9.17, 15) is 14.4 Å². The molecule has 0 saturated heterocycles. The van der Waals surface area contributed by atoms with Crippen molar-refractivity contribution in [1.82, 2.24) is 5.32 Å². The molecule has 0 bridgehead atoms. The number of nitrogens with two attached hydrogens (primary N) is 1. The lowest BCUT2D eigenvalue weighted by atomic mass is 10.2. The first-order valence-corrected chi connectivity index (χ1v) is 8.30. The average Bonchev–Trinajstić information content (AvgIpc) is 2.45. The molecular formula is C14H17BrN2O4S. The lowest BCUT2D eigenvalue weighted by molar-refractivity contribution is -0.153. The molecule has 22 heavy (non-hydrogen) atoms. The molecule has 0 aliphatic heterocycles. The summed E-state index contributed by atoms with van der Waals surface area (Å²) in [5.74, 6) is -0.619. The maximum absolute atomic E-state index is 11.9. The summed E-state index contributed by atoms with van der Waals surface area (Å²) in [6.07, 6.45) is -1.07. The van der Waals surface area contributed by atoms with Crippen LogP contribution in [-0.2, 0) is 20.1 Å². The van der Waals surface area contributed by atoms with Gasteiger partial charge < -0.3 is 10.5 Å². The van der Waals surface area contributed by atoms with Crippen molar-refractivity contribution in [3.63, 3.8) is 0 Å². The van der Waals surface area contributed by atoms with Gasteiger partial charge in [0.25, 0.3) is 5.91 Å². The number of ether oxygens (including phenoxy) is 1. The van der Waals surface area contributed by atoms with E-state index in [-0.39, 0.29) is 0 Å². The van der Waals surface area contributed by atoms with Gasteiger partial charge in [0.2, 0.25) is 0 Å².